The molecule has 0 aliphatic rings. The third-order valence-corrected chi connectivity index (χ3v) is 4.13. The molecule has 0 saturated heterocycles. The number of aryl methyl sites for hydroxylation is 2. The summed E-state index contributed by atoms with van der Waals surface area (Å²) in [4.78, 5) is 23.8. The van der Waals surface area contributed by atoms with Crippen molar-refractivity contribution < 1.29 is 14.7 Å². The van der Waals surface area contributed by atoms with Crippen LogP contribution in [0.1, 0.15) is 35.2 Å². The monoisotopic (exact) mass is 325 g/mol. The largest absolute Gasteiger partial charge is 0.481 e. The fourth-order valence-corrected chi connectivity index (χ4v) is 2.53. The molecular weight excluding hydrogens is 302 g/mol. The topological polar surface area (TPSA) is 66.4 Å². The van der Waals surface area contributed by atoms with E-state index >= 15 is 0 Å². The quantitative estimate of drug-likeness (QED) is 0.855. The Morgan fingerprint density at radius 3 is 1.96 bits per heavy atom. The van der Waals surface area contributed by atoms with E-state index in [0.717, 1.165) is 22.3 Å². The van der Waals surface area contributed by atoms with Crippen LogP contribution >= 0.6 is 0 Å². The average Bonchev–Trinajstić information content (AvgIpc) is 2.55. The number of carboxylic acid groups (broad SMARTS) is 1. The van der Waals surface area contributed by atoms with Crippen molar-refractivity contribution in [3.63, 3.8) is 0 Å². The Hall–Kier alpha value is -2.62. The molecule has 1 amide bonds. The molecule has 2 aromatic carbocycles. The molecule has 2 aromatic rings. The van der Waals surface area contributed by atoms with Gasteiger partial charge in [0.1, 0.15) is 0 Å². The summed E-state index contributed by atoms with van der Waals surface area (Å²) in [6.45, 7) is 5.57. The van der Waals surface area contributed by atoms with Gasteiger partial charge in [0.25, 0.3) is 0 Å². The Balaban J connectivity index is 2.15. The van der Waals surface area contributed by atoms with Gasteiger partial charge in [0, 0.05) is 0 Å². The minimum Gasteiger partial charge on any atom is -0.481 e. The highest BCUT2D eigenvalue weighted by atomic mass is 16.4. The highest BCUT2D eigenvalue weighted by Crippen LogP contribution is 2.23. The van der Waals surface area contributed by atoms with Gasteiger partial charge in [-0.2, -0.15) is 0 Å². The van der Waals surface area contributed by atoms with E-state index in [0.29, 0.717) is 0 Å². The van der Waals surface area contributed by atoms with Gasteiger partial charge >= 0.3 is 5.97 Å². The second kappa shape index (κ2) is 7.77. The first-order valence-electron chi connectivity index (χ1n) is 8.01. The lowest BCUT2D eigenvalue weighted by Gasteiger charge is -2.23. The molecule has 24 heavy (non-hydrogen) atoms. The van der Waals surface area contributed by atoms with Gasteiger partial charge in [0.15, 0.2) is 0 Å². The van der Waals surface area contributed by atoms with Crippen molar-refractivity contribution in [3.8, 4) is 0 Å². The number of aliphatic carboxylic acids is 1. The average molecular weight is 325 g/mol. The normalized spacial score (nSPS) is 13.1. The number of amides is 1. The van der Waals surface area contributed by atoms with Crippen molar-refractivity contribution in [1.29, 1.82) is 0 Å². The summed E-state index contributed by atoms with van der Waals surface area (Å²) in [6, 6.07) is 14.8. The van der Waals surface area contributed by atoms with E-state index in [1.165, 1.54) is 0 Å². The molecule has 0 spiro atoms. The van der Waals surface area contributed by atoms with Gasteiger partial charge < -0.3 is 10.4 Å². The third-order valence-electron chi connectivity index (χ3n) is 4.13. The molecule has 4 nitrogen and oxygen atoms in total. The minimum atomic E-state index is -0.934. The first-order chi connectivity index (χ1) is 11.4. The maximum atomic E-state index is 12.4. The summed E-state index contributed by atoms with van der Waals surface area (Å²) < 4.78 is 0. The van der Waals surface area contributed by atoms with Gasteiger partial charge in [-0.1, -0.05) is 59.7 Å². The first kappa shape index (κ1) is 17.7. The molecule has 2 rings (SSSR count). The number of carbonyl (C=O) groups is 2. The van der Waals surface area contributed by atoms with E-state index in [9.17, 15) is 14.7 Å². The number of benzene rings is 2. The summed E-state index contributed by atoms with van der Waals surface area (Å²) in [7, 11) is 0. The number of hydrogen-bond donors (Lipinski definition) is 2. The van der Waals surface area contributed by atoms with Crippen molar-refractivity contribution in [2.75, 3.05) is 0 Å². The zero-order valence-electron chi connectivity index (χ0n) is 14.2. The molecule has 0 unspecified atom stereocenters. The lowest BCUT2D eigenvalue weighted by molar-refractivity contribution is -0.142. The standard InChI is InChI=1S/C20H23NO3/c1-13-4-8-16(9-5-13)12-18(22)21-19(15(3)20(23)24)17-10-6-14(2)7-11-17/h4-11,15,19H,12H2,1-3H3,(H,21,22)(H,23,24)/t15-,19+/m1/s1. The smallest absolute Gasteiger partial charge is 0.308 e. The molecular formula is C20H23NO3. The third kappa shape index (κ3) is 4.69. The van der Waals surface area contributed by atoms with Crippen LogP contribution in [-0.4, -0.2) is 17.0 Å². The van der Waals surface area contributed by atoms with Crippen LogP contribution in [0.3, 0.4) is 0 Å². The van der Waals surface area contributed by atoms with E-state index in [4.69, 9.17) is 0 Å². The van der Waals surface area contributed by atoms with Crippen molar-refractivity contribution >= 4 is 11.9 Å². The molecule has 0 aliphatic carbocycles. The Kier molecular flexibility index (Phi) is 5.74. The number of carbonyl (C=O) groups excluding carboxylic acids is 1. The molecule has 0 radical (unpaired) electrons. The van der Waals surface area contributed by atoms with E-state index < -0.39 is 17.9 Å². The maximum Gasteiger partial charge on any atom is 0.308 e. The van der Waals surface area contributed by atoms with E-state index in [1.54, 1.807) is 6.92 Å². The van der Waals surface area contributed by atoms with Gasteiger partial charge in [-0.05, 0) is 31.9 Å². The highest BCUT2D eigenvalue weighted by Gasteiger charge is 2.26. The zero-order chi connectivity index (χ0) is 17.7. The first-order valence-corrected chi connectivity index (χ1v) is 8.01. The summed E-state index contributed by atoms with van der Waals surface area (Å²) in [5, 5.41) is 12.2. The Morgan fingerprint density at radius 2 is 1.46 bits per heavy atom. The fraction of sp³-hybridized carbons (Fsp3) is 0.300. The molecule has 126 valence electrons. The summed E-state index contributed by atoms with van der Waals surface area (Å²) in [5.74, 6) is -1.83. The fourth-order valence-electron chi connectivity index (χ4n) is 2.53. The van der Waals surface area contributed by atoms with Crippen molar-refractivity contribution in [2.24, 2.45) is 5.92 Å². The molecule has 2 atom stereocenters. The molecule has 0 aliphatic heterocycles. The lowest BCUT2D eigenvalue weighted by Crippen LogP contribution is -2.36. The number of carboxylic acids is 1. The van der Waals surface area contributed by atoms with Crippen LogP contribution in [0.5, 0.6) is 0 Å². The number of nitrogens with one attached hydrogen (secondary N) is 1. The number of hydrogen-bond acceptors (Lipinski definition) is 2. The SMILES string of the molecule is Cc1ccc(CC(=O)N[C@H](c2ccc(C)cc2)[C@@H](C)C(=O)O)cc1. The van der Waals surface area contributed by atoms with Crippen LogP contribution in [0, 0.1) is 19.8 Å². The summed E-state index contributed by atoms with van der Waals surface area (Å²) in [5.41, 5.74) is 3.93. The molecule has 2 N–H and O–H groups in total. The van der Waals surface area contributed by atoms with Crippen LogP contribution in [-0.2, 0) is 16.0 Å². The van der Waals surface area contributed by atoms with Crippen LogP contribution in [0.2, 0.25) is 0 Å². The van der Waals surface area contributed by atoms with Gasteiger partial charge in [-0.25, -0.2) is 0 Å². The number of rotatable bonds is 6. The predicted octanol–water partition coefficient (Wildman–Crippen LogP) is 3.42. The van der Waals surface area contributed by atoms with E-state index in [-0.39, 0.29) is 12.3 Å². The van der Waals surface area contributed by atoms with Gasteiger partial charge in [0.2, 0.25) is 5.91 Å². The van der Waals surface area contributed by atoms with E-state index in [2.05, 4.69) is 5.32 Å². The lowest BCUT2D eigenvalue weighted by atomic mass is 9.93. The van der Waals surface area contributed by atoms with Crippen molar-refractivity contribution in [1.82, 2.24) is 5.32 Å². The summed E-state index contributed by atoms with van der Waals surface area (Å²) in [6.07, 6.45) is 0.231. The molecule has 0 heterocycles. The van der Waals surface area contributed by atoms with Crippen LogP contribution in [0.15, 0.2) is 48.5 Å². The molecule has 0 fully saturated rings. The molecule has 4 heteroatoms. The highest BCUT2D eigenvalue weighted by molar-refractivity contribution is 5.80. The van der Waals surface area contributed by atoms with Gasteiger partial charge in [-0.15, -0.1) is 0 Å². The minimum absolute atomic E-state index is 0.183. The van der Waals surface area contributed by atoms with Crippen LogP contribution in [0.25, 0.3) is 0 Å². The van der Waals surface area contributed by atoms with Crippen LogP contribution in [0.4, 0.5) is 0 Å². The second-order valence-electron chi connectivity index (χ2n) is 6.25. The maximum absolute atomic E-state index is 12.4. The van der Waals surface area contributed by atoms with Crippen molar-refractivity contribution in [2.45, 2.75) is 33.2 Å². The Morgan fingerprint density at radius 1 is 0.958 bits per heavy atom. The summed E-state index contributed by atoms with van der Waals surface area (Å²) >= 11 is 0. The Bertz CT molecular complexity index is 705. The van der Waals surface area contributed by atoms with Crippen LogP contribution < -0.4 is 5.32 Å². The van der Waals surface area contributed by atoms with E-state index in [1.807, 2.05) is 62.4 Å². The molecule has 0 saturated carbocycles. The Labute approximate surface area is 142 Å². The van der Waals surface area contributed by atoms with Gasteiger partial charge in [-0.3, -0.25) is 9.59 Å². The molecule has 0 aromatic heterocycles. The second-order valence-corrected chi connectivity index (χ2v) is 6.25. The zero-order valence-corrected chi connectivity index (χ0v) is 14.2. The van der Waals surface area contributed by atoms with Gasteiger partial charge in [0.05, 0.1) is 18.4 Å². The van der Waals surface area contributed by atoms with Crippen molar-refractivity contribution in [3.05, 3.63) is 70.8 Å². The predicted molar refractivity (Wildman–Crippen MR) is 93.7 cm³/mol. The molecule has 0 bridgehead atoms.